The van der Waals surface area contributed by atoms with Crippen molar-refractivity contribution in [3.05, 3.63) is 41.3 Å². The number of fused-ring (bicyclic) bond motifs is 1. The van der Waals surface area contributed by atoms with Crippen LogP contribution in [0.25, 0.3) is 0 Å². The number of carbonyl (C=O) groups is 2. The molecule has 1 saturated heterocycles. The van der Waals surface area contributed by atoms with Crippen molar-refractivity contribution in [2.24, 2.45) is 0 Å². The summed E-state index contributed by atoms with van der Waals surface area (Å²) >= 11 is 1.53. The molecule has 2 aliphatic rings. The lowest BCUT2D eigenvalue weighted by Gasteiger charge is -2.31. The van der Waals surface area contributed by atoms with Crippen LogP contribution in [0.4, 0.5) is 5.69 Å². The third-order valence-corrected chi connectivity index (χ3v) is 6.14. The summed E-state index contributed by atoms with van der Waals surface area (Å²) in [6.07, 6.45) is 1.84. The highest BCUT2D eigenvalue weighted by Gasteiger charge is 2.36. The molecule has 7 heteroatoms. The van der Waals surface area contributed by atoms with Crippen molar-refractivity contribution in [1.82, 2.24) is 10.1 Å². The van der Waals surface area contributed by atoms with Gasteiger partial charge in [0.1, 0.15) is 12.3 Å². The van der Waals surface area contributed by atoms with Gasteiger partial charge in [-0.25, -0.2) is 0 Å². The molecule has 2 aromatic rings. The molecule has 0 aliphatic carbocycles. The Kier molecular flexibility index (Phi) is 4.48. The Morgan fingerprint density at radius 1 is 1.35 bits per heavy atom. The van der Waals surface area contributed by atoms with Crippen molar-refractivity contribution in [2.45, 2.75) is 37.6 Å². The van der Waals surface area contributed by atoms with Crippen LogP contribution in [0.2, 0.25) is 0 Å². The smallest absolute Gasteiger partial charge is 0.243 e. The largest absolute Gasteiger partial charge is 0.361 e. The van der Waals surface area contributed by atoms with Gasteiger partial charge in [0.25, 0.3) is 0 Å². The third-order valence-electron chi connectivity index (χ3n) is 5.10. The summed E-state index contributed by atoms with van der Waals surface area (Å²) in [7, 11) is 0. The maximum absolute atomic E-state index is 13.1. The molecule has 3 heterocycles. The van der Waals surface area contributed by atoms with E-state index in [1.54, 1.807) is 4.90 Å². The lowest BCUT2D eigenvalue weighted by Crippen LogP contribution is -2.44. The van der Waals surface area contributed by atoms with E-state index in [-0.39, 0.29) is 24.4 Å². The zero-order valence-corrected chi connectivity index (χ0v) is 15.7. The minimum atomic E-state index is -0.0254. The molecule has 2 amide bonds. The van der Waals surface area contributed by atoms with Crippen LogP contribution >= 0.6 is 11.8 Å². The fraction of sp³-hybridized carbons (Fsp3) is 0.421. The molecule has 0 bridgehead atoms. The van der Waals surface area contributed by atoms with Crippen LogP contribution in [0.1, 0.15) is 35.9 Å². The average molecular weight is 371 g/mol. The SMILES string of the molecule is Cc1noc(C)c1C1CCCN1C(=O)CN1C(=O)CSc2ccccc21. The van der Waals surface area contributed by atoms with Crippen LogP contribution in [0, 0.1) is 13.8 Å². The molecule has 1 atom stereocenters. The van der Waals surface area contributed by atoms with Crippen LogP contribution in [0.3, 0.4) is 0 Å². The second kappa shape index (κ2) is 6.79. The summed E-state index contributed by atoms with van der Waals surface area (Å²) in [6, 6.07) is 7.74. The summed E-state index contributed by atoms with van der Waals surface area (Å²) in [5, 5.41) is 4.03. The van der Waals surface area contributed by atoms with Crippen LogP contribution in [0.15, 0.2) is 33.7 Å². The van der Waals surface area contributed by atoms with Crippen molar-refractivity contribution in [3.8, 4) is 0 Å². The number of anilines is 1. The van der Waals surface area contributed by atoms with Crippen LogP contribution in [-0.4, -0.2) is 40.7 Å². The van der Waals surface area contributed by atoms with E-state index in [9.17, 15) is 9.59 Å². The number of rotatable bonds is 3. The van der Waals surface area contributed by atoms with Crippen LogP contribution < -0.4 is 4.90 Å². The zero-order valence-electron chi connectivity index (χ0n) is 14.9. The minimum Gasteiger partial charge on any atom is -0.361 e. The third kappa shape index (κ3) is 2.90. The molecule has 0 spiro atoms. The number of benzene rings is 1. The molecular formula is C19H21N3O3S. The molecule has 1 aromatic heterocycles. The van der Waals surface area contributed by atoms with E-state index in [1.165, 1.54) is 11.8 Å². The first kappa shape index (κ1) is 17.1. The van der Waals surface area contributed by atoms with Gasteiger partial charge in [-0.05, 0) is 38.8 Å². The van der Waals surface area contributed by atoms with Gasteiger partial charge in [0.05, 0.1) is 23.2 Å². The summed E-state index contributed by atoms with van der Waals surface area (Å²) in [5.74, 6) is 1.10. The Morgan fingerprint density at radius 2 is 2.15 bits per heavy atom. The van der Waals surface area contributed by atoms with Crippen LogP contribution in [0.5, 0.6) is 0 Å². The molecule has 0 radical (unpaired) electrons. The number of para-hydroxylation sites is 1. The van der Waals surface area contributed by atoms with Gasteiger partial charge >= 0.3 is 0 Å². The topological polar surface area (TPSA) is 66.7 Å². The van der Waals surface area contributed by atoms with Gasteiger partial charge < -0.3 is 14.3 Å². The normalized spacial score (nSPS) is 19.8. The molecule has 6 nitrogen and oxygen atoms in total. The van der Waals surface area contributed by atoms with Gasteiger partial charge in [0.15, 0.2) is 0 Å². The highest BCUT2D eigenvalue weighted by Crippen LogP contribution is 2.37. The van der Waals surface area contributed by atoms with Crippen LogP contribution in [-0.2, 0) is 9.59 Å². The van der Waals surface area contributed by atoms with E-state index in [0.29, 0.717) is 12.3 Å². The average Bonchev–Trinajstić information content (AvgIpc) is 3.23. The van der Waals surface area contributed by atoms with E-state index in [4.69, 9.17) is 4.52 Å². The van der Waals surface area contributed by atoms with Gasteiger partial charge in [-0.2, -0.15) is 0 Å². The molecule has 0 saturated carbocycles. The molecule has 136 valence electrons. The second-order valence-corrected chi connectivity index (χ2v) is 7.74. The quantitative estimate of drug-likeness (QED) is 0.829. The summed E-state index contributed by atoms with van der Waals surface area (Å²) in [4.78, 5) is 30.1. The number of hydrogen-bond donors (Lipinski definition) is 0. The number of nitrogens with zero attached hydrogens (tertiary/aromatic N) is 3. The lowest BCUT2D eigenvalue weighted by molar-refractivity contribution is -0.132. The van der Waals surface area contributed by atoms with E-state index >= 15 is 0 Å². The van der Waals surface area contributed by atoms with E-state index < -0.39 is 0 Å². The maximum Gasteiger partial charge on any atom is 0.243 e. The molecule has 26 heavy (non-hydrogen) atoms. The van der Waals surface area contributed by atoms with Gasteiger partial charge in [-0.3, -0.25) is 9.59 Å². The molecule has 0 N–H and O–H groups in total. The van der Waals surface area contributed by atoms with E-state index in [1.807, 2.05) is 43.0 Å². The fourth-order valence-corrected chi connectivity index (χ4v) is 4.82. The first-order chi connectivity index (χ1) is 12.6. The molecule has 2 aliphatic heterocycles. The Bertz CT molecular complexity index is 844. The van der Waals surface area contributed by atoms with Crippen molar-refractivity contribution >= 4 is 29.3 Å². The highest BCUT2D eigenvalue weighted by atomic mass is 32.2. The van der Waals surface area contributed by atoms with Gasteiger partial charge in [-0.1, -0.05) is 17.3 Å². The van der Waals surface area contributed by atoms with Gasteiger partial charge in [0, 0.05) is 17.0 Å². The number of amides is 2. The maximum atomic E-state index is 13.1. The summed E-state index contributed by atoms with van der Waals surface area (Å²) in [6.45, 7) is 4.58. The predicted octanol–water partition coefficient (Wildman–Crippen LogP) is 3.09. The zero-order chi connectivity index (χ0) is 18.3. The minimum absolute atomic E-state index is 0.0155. The first-order valence-electron chi connectivity index (χ1n) is 8.80. The van der Waals surface area contributed by atoms with Gasteiger partial charge in [0.2, 0.25) is 11.8 Å². The molecule has 4 rings (SSSR count). The summed E-state index contributed by atoms with van der Waals surface area (Å²) in [5.41, 5.74) is 2.68. The number of aryl methyl sites for hydroxylation is 2. The Labute approximate surface area is 156 Å². The van der Waals surface area contributed by atoms with E-state index in [0.717, 1.165) is 40.4 Å². The first-order valence-corrected chi connectivity index (χ1v) is 9.79. The van der Waals surface area contributed by atoms with Crippen molar-refractivity contribution < 1.29 is 14.1 Å². The number of hydrogen-bond acceptors (Lipinski definition) is 5. The second-order valence-electron chi connectivity index (χ2n) is 6.72. The lowest BCUT2D eigenvalue weighted by atomic mass is 10.0. The number of thioether (sulfide) groups is 1. The number of carbonyl (C=O) groups excluding carboxylic acids is 2. The Hall–Kier alpha value is -2.28. The number of aromatic nitrogens is 1. The predicted molar refractivity (Wildman–Crippen MR) is 99.2 cm³/mol. The van der Waals surface area contributed by atoms with Crippen molar-refractivity contribution in [2.75, 3.05) is 23.7 Å². The van der Waals surface area contributed by atoms with E-state index in [2.05, 4.69) is 5.16 Å². The summed E-state index contributed by atoms with van der Waals surface area (Å²) < 4.78 is 5.29. The van der Waals surface area contributed by atoms with Gasteiger partial charge in [-0.15, -0.1) is 11.8 Å². The molecule has 1 aromatic carbocycles. The number of likely N-dealkylation sites (tertiary alicyclic amines) is 1. The molecule has 1 fully saturated rings. The highest BCUT2D eigenvalue weighted by molar-refractivity contribution is 8.00. The van der Waals surface area contributed by atoms with Crippen molar-refractivity contribution in [3.63, 3.8) is 0 Å². The van der Waals surface area contributed by atoms with Crippen molar-refractivity contribution in [1.29, 1.82) is 0 Å². The Morgan fingerprint density at radius 3 is 2.92 bits per heavy atom. The standard InChI is InChI=1S/C19H21N3O3S/c1-12-19(13(2)25-20-12)15-7-5-9-21(15)17(23)10-22-14-6-3-4-8-16(14)26-11-18(22)24/h3-4,6,8,15H,5,7,9-11H2,1-2H3. The molecule has 1 unspecified atom stereocenters. The fourth-order valence-electron chi connectivity index (χ4n) is 3.88. The molecular weight excluding hydrogens is 350 g/mol. The Balaban J connectivity index is 1.57. The monoisotopic (exact) mass is 371 g/mol.